The molecule has 0 spiro atoms. The molecule has 1 aromatic heterocycles. The van der Waals surface area contributed by atoms with E-state index in [1.165, 1.54) is 0 Å². The summed E-state index contributed by atoms with van der Waals surface area (Å²) in [7, 11) is 0. The van der Waals surface area contributed by atoms with E-state index in [1.54, 1.807) is 6.07 Å². The smallest absolute Gasteiger partial charge is 0.240 e. The van der Waals surface area contributed by atoms with Crippen LogP contribution in [0.15, 0.2) is 6.07 Å². The average Bonchev–Trinajstić information content (AvgIpc) is 2.23. The minimum atomic E-state index is 0.349. The molecule has 84 valence electrons. The first kappa shape index (κ1) is 11.7. The fraction of sp³-hybridized carbons (Fsp3) is 0.556. The molecule has 0 aliphatic heterocycles. The highest BCUT2D eigenvalue weighted by molar-refractivity contribution is 5.28. The zero-order valence-electron chi connectivity index (χ0n) is 8.99. The van der Waals surface area contributed by atoms with Crippen molar-refractivity contribution in [1.29, 1.82) is 0 Å². The van der Waals surface area contributed by atoms with Crippen LogP contribution in [0, 0.1) is 6.92 Å². The molecule has 0 aromatic carbocycles. The Labute approximate surface area is 88.8 Å². The molecule has 15 heavy (non-hydrogen) atoms. The van der Waals surface area contributed by atoms with Gasteiger partial charge in [-0.15, -0.1) is 0 Å². The third-order valence-electron chi connectivity index (χ3n) is 1.64. The minimum absolute atomic E-state index is 0.349. The number of nitrogen functional groups attached to an aromatic ring is 1. The van der Waals surface area contributed by atoms with Crippen LogP contribution in [0.3, 0.4) is 0 Å². The van der Waals surface area contributed by atoms with Gasteiger partial charge in [0, 0.05) is 18.4 Å². The molecule has 6 nitrogen and oxygen atoms in total. The number of rotatable bonds is 6. The van der Waals surface area contributed by atoms with E-state index in [2.05, 4.69) is 15.4 Å². The summed E-state index contributed by atoms with van der Waals surface area (Å²) >= 11 is 0. The van der Waals surface area contributed by atoms with Gasteiger partial charge in [0.05, 0.1) is 6.61 Å². The van der Waals surface area contributed by atoms with Gasteiger partial charge in [0.15, 0.2) is 0 Å². The standard InChI is InChI=1S/C9H16N4O2/c1-3-14-4-5-15-8-6-7(2)11-9(12-8)13-10/h6H,3-5,10H2,1-2H3,(H,11,12,13). The Morgan fingerprint density at radius 1 is 1.40 bits per heavy atom. The second-order valence-electron chi connectivity index (χ2n) is 2.86. The maximum absolute atomic E-state index is 5.36. The van der Waals surface area contributed by atoms with Gasteiger partial charge in [-0.3, -0.25) is 5.43 Å². The molecule has 0 radical (unpaired) electrons. The van der Waals surface area contributed by atoms with Gasteiger partial charge in [0.25, 0.3) is 0 Å². The predicted octanol–water partition coefficient (Wildman–Crippen LogP) is 0.486. The number of hydrogen-bond donors (Lipinski definition) is 2. The summed E-state index contributed by atoms with van der Waals surface area (Å²) < 4.78 is 10.5. The van der Waals surface area contributed by atoms with E-state index in [1.807, 2.05) is 13.8 Å². The van der Waals surface area contributed by atoms with E-state index in [4.69, 9.17) is 15.3 Å². The molecule has 1 aromatic rings. The molecule has 0 unspecified atom stereocenters. The molecule has 0 saturated heterocycles. The van der Waals surface area contributed by atoms with Crippen molar-refractivity contribution in [2.24, 2.45) is 5.84 Å². The second-order valence-corrected chi connectivity index (χ2v) is 2.86. The van der Waals surface area contributed by atoms with Crippen LogP contribution in [-0.2, 0) is 4.74 Å². The number of nitrogens with one attached hydrogen (secondary N) is 1. The van der Waals surface area contributed by atoms with Gasteiger partial charge in [0.2, 0.25) is 11.8 Å². The Hall–Kier alpha value is -1.40. The lowest BCUT2D eigenvalue weighted by Crippen LogP contribution is -2.13. The van der Waals surface area contributed by atoms with Crippen molar-refractivity contribution in [3.8, 4) is 5.88 Å². The van der Waals surface area contributed by atoms with Crippen LogP contribution in [0.2, 0.25) is 0 Å². The van der Waals surface area contributed by atoms with Crippen molar-refractivity contribution in [3.05, 3.63) is 11.8 Å². The second kappa shape index (κ2) is 6.15. The normalized spacial score (nSPS) is 10.1. The molecule has 0 aliphatic carbocycles. The molecule has 0 bridgehead atoms. The van der Waals surface area contributed by atoms with Crippen LogP contribution in [0.25, 0.3) is 0 Å². The molecule has 0 amide bonds. The lowest BCUT2D eigenvalue weighted by molar-refractivity contribution is 0.108. The third kappa shape index (κ3) is 4.09. The zero-order valence-corrected chi connectivity index (χ0v) is 8.99. The van der Waals surface area contributed by atoms with E-state index in [-0.39, 0.29) is 0 Å². The lowest BCUT2D eigenvalue weighted by Gasteiger charge is -2.07. The quantitative estimate of drug-likeness (QED) is 0.405. The van der Waals surface area contributed by atoms with Gasteiger partial charge < -0.3 is 9.47 Å². The summed E-state index contributed by atoms with van der Waals surface area (Å²) in [6, 6.07) is 1.74. The maximum Gasteiger partial charge on any atom is 0.240 e. The van der Waals surface area contributed by atoms with Gasteiger partial charge in [-0.2, -0.15) is 4.98 Å². The molecular weight excluding hydrogens is 196 g/mol. The number of anilines is 1. The predicted molar refractivity (Wildman–Crippen MR) is 56.6 cm³/mol. The van der Waals surface area contributed by atoms with Crippen LogP contribution in [-0.4, -0.2) is 29.8 Å². The molecular formula is C9H16N4O2. The Kier molecular flexibility index (Phi) is 4.79. The number of aryl methyl sites for hydroxylation is 1. The highest BCUT2D eigenvalue weighted by Gasteiger charge is 2.01. The highest BCUT2D eigenvalue weighted by atomic mass is 16.5. The first-order valence-electron chi connectivity index (χ1n) is 4.79. The summed E-state index contributed by atoms with van der Waals surface area (Å²) in [5, 5.41) is 0. The summed E-state index contributed by atoms with van der Waals surface area (Å²) in [6.07, 6.45) is 0. The van der Waals surface area contributed by atoms with E-state index in [0.717, 1.165) is 5.69 Å². The Balaban J connectivity index is 2.49. The van der Waals surface area contributed by atoms with Crippen molar-refractivity contribution in [2.45, 2.75) is 13.8 Å². The number of hydrogen-bond acceptors (Lipinski definition) is 6. The van der Waals surface area contributed by atoms with Crippen molar-refractivity contribution >= 4 is 5.95 Å². The van der Waals surface area contributed by atoms with Crippen molar-refractivity contribution < 1.29 is 9.47 Å². The van der Waals surface area contributed by atoms with Gasteiger partial charge in [-0.25, -0.2) is 10.8 Å². The first-order chi connectivity index (χ1) is 7.26. The van der Waals surface area contributed by atoms with Crippen LogP contribution in [0.4, 0.5) is 5.95 Å². The van der Waals surface area contributed by atoms with Crippen LogP contribution >= 0.6 is 0 Å². The summed E-state index contributed by atoms with van der Waals surface area (Å²) in [5.74, 6) is 6.05. The topological polar surface area (TPSA) is 82.3 Å². The number of nitrogens with zero attached hydrogens (tertiary/aromatic N) is 2. The van der Waals surface area contributed by atoms with E-state index >= 15 is 0 Å². The molecule has 0 fully saturated rings. The number of hydrazine groups is 1. The number of aromatic nitrogens is 2. The van der Waals surface area contributed by atoms with Gasteiger partial charge in [0.1, 0.15) is 6.61 Å². The molecule has 0 atom stereocenters. The van der Waals surface area contributed by atoms with Crippen LogP contribution in [0.1, 0.15) is 12.6 Å². The maximum atomic E-state index is 5.36. The lowest BCUT2D eigenvalue weighted by atomic mass is 10.4. The van der Waals surface area contributed by atoms with E-state index in [0.29, 0.717) is 31.6 Å². The van der Waals surface area contributed by atoms with Gasteiger partial charge >= 0.3 is 0 Å². The molecule has 0 saturated carbocycles. The Bertz CT molecular complexity index is 306. The summed E-state index contributed by atoms with van der Waals surface area (Å²) in [6.45, 7) is 5.48. The fourth-order valence-corrected chi connectivity index (χ4v) is 1.03. The molecule has 1 rings (SSSR count). The summed E-state index contributed by atoms with van der Waals surface area (Å²) in [5.41, 5.74) is 3.17. The molecule has 3 N–H and O–H groups in total. The van der Waals surface area contributed by atoms with Crippen molar-refractivity contribution in [2.75, 3.05) is 25.2 Å². The molecule has 1 heterocycles. The zero-order chi connectivity index (χ0) is 11.1. The Morgan fingerprint density at radius 2 is 2.20 bits per heavy atom. The first-order valence-corrected chi connectivity index (χ1v) is 4.79. The molecule has 6 heteroatoms. The van der Waals surface area contributed by atoms with Gasteiger partial charge in [-0.1, -0.05) is 0 Å². The third-order valence-corrected chi connectivity index (χ3v) is 1.64. The Morgan fingerprint density at radius 3 is 2.87 bits per heavy atom. The monoisotopic (exact) mass is 212 g/mol. The fourth-order valence-electron chi connectivity index (χ4n) is 1.03. The SMILES string of the molecule is CCOCCOc1cc(C)nc(NN)n1. The highest BCUT2D eigenvalue weighted by Crippen LogP contribution is 2.10. The minimum Gasteiger partial charge on any atom is -0.475 e. The largest absolute Gasteiger partial charge is 0.475 e. The average molecular weight is 212 g/mol. The number of nitrogens with two attached hydrogens (primary N) is 1. The van der Waals surface area contributed by atoms with Crippen LogP contribution in [0.5, 0.6) is 5.88 Å². The van der Waals surface area contributed by atoms with Crippen molar-refractivity contribution in [1.82, 2.24) is 9.97 Å². The van der Waals surface area contributed by atoms with Crippen molar-refractivity contribution in [3.63, 3.8) is 0 Å². The van der Waals surface area contributed by atoms with E-state index < -0.39 is 0 Å². The van der Waals surface area contributed by atoms with Crippen LogP contribution < -0.4 is 16.0 Å². The summed E-state index contributed by atoms with van der Waals surface area (Å²) in [4.78, 5) is 8.06. The van der Waals surface area contributed by atoms with E-state index in [9.17, 15) is 0 Å². The molecule has 0 aliphatic rings. The van der Waals surface area contributed by atoms with Gasteiger partial charge in [-0.05, 0) is 13.8 Å². The number of ether oxygens (including phenoxy) is 2.